The van der Waals surface area contributed by atoms with Crippen molar-refractivity contribution in [1.29, 1.82) is 0 Å². The third kappa shape index (κ3) is 4.56. The Hall–Kier alpha value is -1.91. The van der Waals surface area contributed by atoms with Gasteiger partial charge in [0.25, 0.3) is 0 Å². The number of hydrogen-bond acceptors (Lipinski definition) is 4. The van der Waals surface area contributed by atoms with Gasteiger partial charge in [-0.3, -0.25) is 0 Å². The van der Waals surface area contributed by atoms with Gasteiger partial charge in [0.2, 0.25) is 0 Å². The zero-order valence-electron chi connectivity index (χ0n) is 14.6. The van der Waals surface area contributed by atoms with Crippen molar-refractivity contribution in [3.63, 3.8) is 0 Å². The molecule has 0 aliphatic rings. The Morgan fingerprint density at radius 3 is 2.25 bits per heavy atom. The summed E-state index contributed by atoms with van der Waals surface area (Å²) < 4.78 is 16.4. The average Bonchev–Trinajstić information content (AvgIpc) is 2.57. The Bertz CT molecular complexity index is 668. The highest BCUT2D eigenvalue weighted by atomic mass is 35.5. The second-order valence-corrected chi connectivity index (χ2v) is 5.95. The Labute approximate surface area is 148 Å². The third-order valence-corrected chi connectivity index (χ3v) is 4.15. The molecule has 0 amide bonds. The van der Waals surface area contributed by atoms with Crippen LogP contribution in [-0.2, 0) is 6.54 Å². The van der Waals surface area contributed by atoms with Gasteiger partial charge in [-0.25, -0.2) is 0 Å². The second kappa shape index (κ2) is 8.81. The Morgan fingerprint density at radius 1 is 1.00 bits per heavy atom. The largest absolute Gasteiger partial charge is 0.493 e. The Morgan fingerprint density at radius 2 is 1.62 bits per heavy atom. The van der Waals surface area contributed by atoms with Crippen LogP contribution in [0.5, 0.6) is 17.2 Å². The molecule has 0 saturated heterocycles. The van der Waals surface area contributed by atoms with E-state index in [-0.39, 0.29) is 0 Å². The molecule has 130 valence electrons. The summed E-state index contributed by atoms with van der Waals surface area (Å²) in [6.45, 7) is 6.06. The maximum Gasteiger partial charge on any atom is 0.162 e. The normalized spacial score (nSPS) is 10.5. The lowest BCUT2D eigenvalue weighted by molar-refractivity contribution is 0.309. The van der Waals surface area contributed by atoms with Gasteiger partial charge in [-0.2, -0.15) is 0 Å². The molecule has 0 spiro atoms. The topological polar surface area (TPSA) is 39.7 Å². The van der Waals surface area contributed by atoms with Crippen molar-refractivity contribution < 1.29 is 14.2 Å². The predicted molar refractivity (Wildman–Crippen MR) is 97.7 cm³/mol. The molecule has 2 aromatic carbocycles. The number of para-hydroxylation sites is 1. The molecule has 24 heavy (non-hydrogen) atoms. The maximum absolute atomic E-state index is 6.28. The summed E-state index contributed by atoms with van der Waals surface area (Å²) in [6.07, 6.45) is 0. The molecular formula is C19H24ClNO3. The van der Waals surface area contributed by atoms with E-state index in [1.807, 2.05) is 12.1 Å². The number of nitrogens with one attached hydrogen (secondary N) is 1. The first-order valence-corrected chi connectivity index (χ1v) is 8.24. The van der Waals surface area contributed by atoms with Crippen LogP contribution in [0.3, 0.4) is 0 Å². The molecule has 4 nitrogen and oxygen atoms in total. The van der Waals surface area contributed by atoms with E-state index in [0.717, 1.165) is 29.0 Å². The molecule has 5 heteroatoms. The van der Waals surface area contributed by atoms with Crippen LogP contribution in [0.15, 0.2) is 30.3 Å². The number of halogens is 1. The fourth-order valence-electron chi connectivity index (χ4n) is 2.51. The van der Waals surface area contributed by atoms with E-state index in [0.29, 0.717) is 29.7 Å². The fraction of sp³-hybridized carbons (Fsp3) is 0.368. The molecule has 0 saturated carbocycles. The Kier molecular flexibility index (Phi) is 6.76. The molecule has 0 aliphatic heterocycles. The van der Waals surface area contributed by atoms with Crippen molar-refractivity contribution in [3.8, 4) is 17.2 Å². The smallest absolute Gasteiger partial charge is 0.162 e. The summed E-state index contributed by atoms with van der Waals surface area (Å²) in [5.41, 5.74) is 3.26. The molecule has 0 bridgehead atoms. The molecule has 0 fully saturated rings. The number of ether oxygens (including phenoxy) is 3. The molecule has 1 N–H and O–H groups in total. The van der Waals surface area contributed by atoms with Gasteiger partial charge in [-0.05, 0) is 36.6 Å². The van der Waals surface area contributed by atoms with Crippen molar-refractivity contribution in [1.82, 2.24) is 5.32 Å². The van der Waals surface area contributed by atoms with Crippen LogP contribution in [0.4, 0.5) is 0 Å². The number of methoxy groups -OCH3 is 2. The van der Waals surface area contributed by atoms with Gasteiger partial charge in [-0.1, -0.05) is 29.8 Å². The van der Waals surface area contributed by atoms with Gasteiger partial charge in [0, 0.05) is 24.2 Å². The van der Waals surface area contributed by atoms with E-state index in [2.05, 4.69) is 31.3 Å². The molecule has 0 aromatic heterocycles. The summed E-state index contributed by atoms with van der Waals surface area (Å²) in [5, 5.41) is 3.98. The van der Waals surface area contributed by atoms with Crippen LogP contribution < -0.4 is 19.5 Å². The molecule has 0 heterocycles. The van der Waals surface area contributed by atoms with Crippen LogP contribution in [0.2, 0.25) is 5.02 Å². The van der Waals surface area contributed by atoms with Gasteiger partial charge in [-0.15, -0.1) is 0 Å². The standard InChI is InChI=1S/C19H24ClNO3/c1-13-6-5-7-14(2)19(13)24-9-8-21-12-15-10-17(22-3)18(23-4)11-16(15)20/h5-7,10-11,21H,8-9,12H2,1-4H3. The summed E-state index contributed by atoms with van der Waals surface area (Å²) in [7, 11) is 3.21. The number of benzene rings is 2. The van der Waals surface area contributed by atoms with Gasteiger partial charge in [0.15, 0.2) is 11.5 Å². The number of aryl methyl sites for hydroxylation is 2. The van der Waals surface area contributed by atoms with Crippen molar-refractivity contribution in [2.45, 2.75) is 20.4 Å². The lowest BCUT2D eigenvalue weighted by Crippen LogP contribution is -2.21. The molecule has 2 rings (SSSR count). The van der Waals surface area contributed by atoms with Gasteiger partial charge >= 0.3 is 0 Å². The van der Waals surface area contributed by atoms with Crippen LogP contribution in [-0.4, -0.2) is 27.4 Å². The van der Waals surface area contributed by atoms with E-state index < -0.39 is 0 Å². The van der Waals surface area contributed by atoms with Crippen molar-refractivity contribution >= 4 is 11.6 Å². The van der Waals surface area contributed by atoms with Crippen molar-refractivity contribution in [3.05, 3.63) is 52.0 Å². The van der Waals surface area contributed by atoms with Gasteiger partial charge in [0.05, 0.1) is 14.2 Å². The van der Waals surface area contributed by atoms with E-state index in [1.54, 1.807) is 20.3 Å². The minimum Gasteiger partial charge on any atom is -0.493 e. The lowest BCUT2D eigenvalue weighted by atomic mass is 10.1. The monoisotopic (exact) mass is 349 g/mol. The highest BCUT2D eigenvalue weighted by molar-refractivity contribution is 6.31. The minimum atomic E-state index is 0.594. The van der Waals surface area contributed by atoms with Crippen LogP contribution in [0.25, 0.3) is 0 Å². The third-order valence-electron chi connectivity index (χ3n) is 3.80. The average molecular weight is 350 g/mol. The quantitative estimate of drug-likeness (QED) is 0.727. The molecule has 0 unspecified atom stereocenters. The molecule has 0 atom stereocenters. The minimum absolute atomic E-state index is 0.594. The number of rotatable bonds is 8. The molecular weight excluding hydrogens is 326 g/mol. The summed E-state index contributed by atoms with van der Waals surface area (Å²) in [5.74, 6) is 2.26. The fourth-order valence-corrected chi connectivity index (χ4v) is 2.73. The summed E-state index contributed by atoms with van der Waals surface area (Å²) in [4.78, 5) is 0. The second-order valence-electron chi connectivity index (χ2n) is 5.54. The van der Waals surface area contributed by atoms with Crippen molar-refractivity contribution in [2.75, 3.05) is 27.4 Å². The molecule has 0 aliphatic carbocycles. The summed E-state index contributed by atoms with van der Waals surface area (Å²) in [6, 6.07) is 9.80. The SMILES string of the molecule is COc1cc(Cl)c(CNCCOc2c(C)cccc2C)cc1OC. The first-order chi connectivity index (χ1) is 11.6. The van der Waals surface area contributed by atoms with E-state index in [9.17, 15) is 0 Å². The lowest BCUT2D eigenvalue weighted by Gasteiger charge is -2.14. The van der Waals surface area contributed by atoms with E-state index in [4.69, 9.17) is 25.8 Å². The van der Waals surface area contributed by atoms with E-state index >= 15 is 0 Å². The molecule has 2 aromatic rings. The van der Waals surface area contributed by atoms with Gasteiger partial charge in [0.1, 0.15) is 12.4 Å². The zero-order valence-corrected chi connectivity index (χ0v) is 15.4. The van der Waals surface area contributed by atoms with Crippen molar-refractivity contribution in [2.24, 2.45) is 0 Å². The summed E-state index contributed by atoms with van der Waals surface area (Å²) >= 11 is 6.28. The Balaban J connectivity index is 1.86. The van der Waals surface area contributed by atoms with Crippen LogP contribution >= 0.6 is 11.6 Å². The zero-order chi connectivity index (χ0) is 17.5. The number of hydrogen-bond donors (Lipinski definition) is 1. The molecule has 0 radical (unpaired) electrons. The van der Waals surface area contributed by atoms with E-state index in [1.165, 1.54) is 0 Å². The van der Waals surface area contributed by atoms with Crippen LogP contribution in [0, 0.1) is 13.8 Å². The highest BCUT2D eigenvalue weighted by Gasteiger charge is 2.09. The van der Waals surface area contributed by atoms with Crippen LogP contribution in [0.1, 0.15) is 16.7 Å². The highest BCUT2D eigenvalue weighted by Crippen LogP contribution is 2.32. The van der Waals surface area contributed by atoms with Gasteiger partial charge < -0.3 is 19.5 Å². The predicted octanol–water partition coefficient (Wildman–Crippen LogP) is 4.14. The first-order valence-electron chi connectivity index (χ1n) is 7.87. The maximum atomic E-state index is 6.28. The first kappa shape index (κ1) is 18.4.